The van der Waals surface area contributed by atoms with E-state index in [2.05, 4.69) is 0 Å². The zero-order chi connectivity index (χ0) is 14.0. The van der Waals surface area contributed by atoms with Crippen LogP contribution in [0.3, 0.4) is 0 Å². The van der Waals surface area contributed by atoms with Crippen LogP contribution in [0.4, 0.5) is 0 Å². The highest BCUT2D eigenvalue weighted by Gasteiger charge is 2.36. The molecule has 0 aromatic heterocycles. The van der Waals surface area contributed by atoms with Crippen LogP contribution in [-0.4, -0.2) is 34.5 Å². The Morgan fingerprint density at radius 2 is 1.95 bits per heavy atom. The fourth-order valence-corrected chi connectivity index (χ4v) is 2.60. The molecule has 2 rings (SSSR count). The summed E-state index contributed by atoms with van der Waals surface area (Å²) in [6.07, 6.45) is 0.688. The maximum absolute atomic E-state index is 12.5. The van der Waals surface area contributed by atoms with Gasteiger partial charge in [0.15, 0.2) is 0 Å². The quantitative estimate of drug-likeness (QED) is 0.838. The van der Waals surface area contributed by atoms with Gasteiger partial charge in [-0.2, -0.15) is 0 Å². The van der Waals surface area contributed by atoms with Gasteiger partial charge < -0.3 is 5.11 Å². The van der Waals surface area contributed by atoms with Gasteiger partial charge in [-0.3, -0.25) is 14.5 Å². The minimum atomic E-state index is -0.238. The van der Waals surface area contributed by atoms with E-state index in [9.17, 15) is 9.59 Å². The summed E-state index contributed by atoms with van der Waals surface area (Å²) in [6.45, 7) is 3.89. The fourth-order valence-electron chi connectivity index (χ4n) is 2.60. The van der Waals surface area contributed by atoms with Crippen LogP contribution in [0, 0.1) is 5.92 Å². The summed E-state index contributed by atoms with van der Waals surface area (Å²) >= 11 is 0. The number of fused-ring (bicyclic) bond motifs is 1. The topological polar surface area (TPSA) is 57.6 Å². The van der Waals surface area contributed by atoms with Gasteiger partial charge in [-0.05, 0) is 24.0 Å². The fraction of sp³-hybridized carbons (Fsp3) is 0.467. The van der Waals surface area contributed by atoms with Gasteiger partial charge in [-0.25, -0.2) is 0 Å². The van der Waals surface area contributed by atoms with Gasteiger partial charge >= 0.3 is 0 Å². The highest BCUT2D eigenvalue weighted by Crippen LogP contribution is 2.25. The summed E-state index contributed by atoms with van der Waals surface area (Å²) in [5.41, 5.74) is 1.39. The van der Waals surface area contributed by atoms with Crippen molar-refractivity contribution in [3.63, 3.8) is 0 Å². The first kappa shape index (κ1) is 13.7. The minimum absolute atomic E-state index is 0.0262. The Bertz CT molecular complexity index is 496. The summed E-state index contributed by atoms with van der Waals surface area (Å²) in [5, 5.41) is 9.13. The SMILES string of the molecule is CC(C)C(CCO)N1C(=O)Cc2ccccc2C1=O. The third kappa shape index (κ3) is 2.54. The first-order chi connectivity index (χ1) is 9.06. The third-order valence-corrected chi connectivity index (χ3v) is 3.60. The van der Waals surface area contributed by atoms with Crippen molar-refractivity contribution in [3.8, 4) is 0 Å². The van der Waals surface area contributed by atoms with E-state index in [0.29, 0.717) is 12.0 Å². The van der Waals surface area contributed by atoms with Crippen LogP contribution >= 0.6 is 0 Å². The second-order valence-electron chi connectivity index (χ2n) is 5.23. The highest BCUT2D eigenvalue weighted by atomic mass is 16.3. The van der Waals surface area contributed by atoms with E-state index < -0.39 is 0 Å². The van der Waals surface area contributed by atoms with E-state index in [1.807, 2.05) is 26.0 Å². The van der Waals surface area contributed by atoms with Gasteiger partial charge in [0.1, 0.15) is 0 Å². The first-order valence-electron chi connectivity index (χ1n) is 6.61. The maximum Gasteiger partial charge on any atom is 0.261 e. The monoisotopic (exact) mass is 261 g/mol. The molecular weight excluding hydrogens is 242 g/mol. The van der Waals surface area contributed by atoms with Gasteiger partial charge in [-0.15, -0.1) is 0 Å². The molecule has 4 heteroatoms. The Morgan fingerprint density at radius 1 is 1.26 bits per heavy atom. The molecule has 0 spiro atoms. The highest BCUT2D eigenvalue weighted by molar-refractivity contribution is 6.10. The first-order valence-corrected chi connectivity index (χ1v) is 6.61. The molecule has 1 N–H and O–H groups in total. The van der Waals surface area contributed by atoms with E-state index in [-0.39, 0.29) is 36.8 Å². The zero-order valence-corrected chi connectivity index (χ0v) is 11.3. The summed E-state index contributed by atoms with van der Waals surface area (Å²) in [6, 6.07) is 6.98. The number of rotatable bonds is 4. The molecule has 0 radical (unpaired) electrons. The molecule has 1 aromatic rings. The van der Waals surface area contributed by atoms with Crippen LogP contribution < -0.4 is 0 Å². The number of benzene rings is 1. The van der Waals surface area contributed by atoms with Gasteiger partial charge in [0.25, 0.3) is 5.91 Å². The van der Waals surface area contributed by atoms with Crippen molar-refractivity contribution in [3.05, 3.63) is 35.4 Å². The van der Waals surface area contributed by atoms with E-state index in [1.165, 1.54) is 4.90 Å². The predicted molar refractivity (Wildman–Crippen MR) is 71.7 cm³/mol. The second-order valence-corrected chi connectivity index (χ2v) is 5.23. The second kappa shape index (κ2) is 5.53. The van der Waals surface area contributed by atoms with Crippen molar-refractivity contribution >= 4 is 11.8 Å². The van der Waals surface area contributed by atoms with Crippen molar-refractivity contribution in [2.24, 2.45) is 5.92 Å². The van der Waals surface area contributed by atoms with Crippen LogP contribution in [0.2, 0.25) is 0 Å². The summed E-state index contributed by atoms with van der Waals surface area (Å²) < 4.78 is 0. The molecule has 0 fully saturated rings. The Morgan fingerprint density at radius 3 is 2.58 bits per heavy atom. The van der Waals surface area contributed by atoms with E-state index in [0.717, 1.165) is 5.56 Å². The Balaban J connectivity index is 2.37. The molecule has 102 valence electrons. The Kier molecular flexibility index (Phi) is 4.00. The van der Waals surface area contributed by atoms with Crippen molar-refractivity contribution in [1.82, 2.24) is 4.90 Å². The Labute approximate surface area is 113 Å². The summed E-state index contributed by atoms with van der Waals surface area (Å²) in [4.78, 5) is 26.0. The molecular formula is C15H19NO3. The molecule has 0 saturated carbocycles. The number of hydrogen-bond acceptors (Lipinski definition) is 3. The van der Waals surface area contributed by atoms with Crippen molar-refractivity contribution < 1.29 is 14.7 Å². The number of carbonyl (C=O) groups excluding carboxylic acids is 2. The van der Waals surface area contributed by atoms with Gasteiger partial charge in [-0.1, -0.05) is 32.0 Å². The molecule has 4 nitrogen and oxygen atoms in total. The number of imide groups is 1. The molecule has 2 amide bonds. The van der Waals surface area contributed by atoms with Gasteiger partial charge in [0.2, 0.25) is 5.91 Å². The van der Waals surface area contributed by atoms with Crippen LogP contribution in [-0.2, 0) is 11.2 Å². The Hall–Kier alpha value is -1.68. The van der Waals surface area contributed by atoms with Crippen LogP contribution in [0.5, 0.6) is 0 Å². The lowest BCUT2D eigenvalue weighted by Crippen LogP contribution is -2.50. The number of aliphatic hydroxyl groups is 1. The summed E-state index contributed by atoms with van der Waals surface area (Å²) in [5.74, 6) is -0.278. The average Bonchev–Trinajstić information content (AvgIpc) is 2.37. The molecule has 0 aliphatic carbocycles. The maximum atomic E-state index is 12.5. The van der Waals surface area contributed by atoms with Crippen molar-refractivity contribution in [1.29, 1.82) is 0 Å². The molecule has 1 atom stereocenters. The molecule has 0 saturated heterocycles. The third-order valence-electron chi connectivity index (χ3n) is 3.60. The lowest BCUT2D eigenvalue weighted by molar-refractivity contribution is -0.131. The van der Waals surface area contributed by atoms with Crippen LogP contribution in [0.1, 0.15) is 36.2 Å². The van der Waals surface area contributed by atoms with Crippen molar-refractivity contribution in [2.45, 2.75) is 32.7 Å². The van der Waals surface area contributed by atoms with E-state index >= 15 is 0 Å². The van der Waals surface area contributed by atoms with Gasteiger partial charge in [0, 0.05) is 18.2 Å². The minimum Gasteiger partial charge on any atom is -0.396 e. The predicted octanol–water partition coefficient (Wildman–Crippen LogP) is 1.62. The van der Waals surface area contributed by atoms with Crippen molar-refractivity contribution in [2.75, 3.05) is 6.61 Å². The molecule has 1 aromatic carbocycles. The molecule has 1 heterocycles. The molecule has 19 heavy (non-hydrogen) atoms. The van der Waals surface area contributed by atoms with Crippen LogP contribution in [0.15, 0.2) is 24.3 Å². The lowest BCUT2D eigenvalue weighted by Gasteiger charge is -2.35. The number of aliphatic hydroxyl groups excluding tert-OH is 1. The summed E-state index contributed by atoms with van der Waals surface area (Å²) in [7, 11) is 0. The van der Waals surface area contributed by atoms with E-state index in [4.69, 9.17) is 5.11 Å². The molecule has 0 bridgehead atoms. The zero-order valence-electron chi connectivity index (χ0n) is 11.3. The normalized spacial score (nSPS) is 16.7. The van der Waals surface area contributed by atoms with Gasteiger partial charge in [0.05, 0.1) is 6.42 Å². The molecule has 1 unspecified atom stereocenters. The smallest absolute Gasteiger partial charge is 0.261 e. The lowest BCUT2D eigenvalue weighted by atomic mass is 9.92. The number of hydrogen-bond donors (Lipinski definition) is 1. The van der Waals surface area contributed by atoms with Crippen LogP contribution in [0.25, 0.3) is 0 Å². The number of carbonyl (C=O) groups is 2. The largest absolute Gasteiger partial charge is 0.396 e. The van der Waals surface area contributed by atoms with E-state index in [1.54, 1.807) is 12.1 Å². The standard InChI is InChI=1S/C15H19NO3/c1-10(2)13(7-8-17)16-14(18)9-11-5-3-4-6-12(11)15(16)19/h3-6,10,13,17H,7-9H2,1-2H3. The average molecular weight is 261 g/mol. The number of amides is 2. The number of nitrogens with zero attached hydrogens (tertiary/aromatic N) is 1. The molecule has 1 aliphatic heterocycles. The molecule has 1 aliphatic rings.